The zero-order valence-electron chi connectivity index (χ0n) is 9.54. The molecule has 1 aromatic carbocycles. The Morgan fingerprint density at radius 1 is 1.12 bits per heavy atom. The van der Waals surface area contributed by atoms with E-state index in [0.717, 1.165) is 24.0 Å². The predicted molar refractivity (Wildman–Crippen MR) is 65.2 cm³/mol. The second-order valence-corrected chi connectivity index (χ2v) is 4.51. The lowest BCUT2D eigenvalue weighted by Crippen LogP contribution is -2.36. The summed E-state index contributed by atoms with van der Waals surface area (Å²) >= 11 is 0. The molecule has 2 heteroatoms. The summed E-state index contributed by atoms with van der Waals surface area (Å²) in [5.74, 6) is 0.0481. The van der Waals surface area contributed by atoms with E-state index >= 15 is 0 Å². The van der Waals surface area contributed by atoms with Crippen molar-refractivity contribution in [3.63, 3.8) is 0 Å². The third kappa shape index (κ3) is 2.84. The molecule has 1 fully saturated rings. The van der Waals surface area contributed by atoms with Gasteiger partial charge in [0, 0.05) is 11.6 Å². The summed E-state index contributed by atoms with van der Waals surface area (Å²) in [4.78, 5) is 11.9. The van der Waals surface area contributed by atoms with Gasteiger partial charge in [-0.15, -0.1) is 0 Å². The number of hydrogen-bond donors (Lipinski definition) is 1. The van der Waals surface area contributed by atoms with Gasteiger partial charge in [0.15, 0.2) is 0 Å². The fraction of sp³-hybridized carbons (Fsp3) is 0.429. The van der Waals surface area contributed by atoms with E-state index in [1.807, 2.05) is 24.3 Å². The minimum Gasteiger partial charge on any atom is -0.349 e. The average molecular weight is 216 g/mol. The van der Waals surface area contributed by atoms with E-state index in [-0.39, 0.29) is 5.91 Å². The molecule has 2 rings (SSSR count). The fourth-order valence-electron chi connectivity index (χ4n) is 2.17. The highest BCUT2D eigenvalue weighted by Crippen LogP contribution is 2.17. The van der Waals surface area contributed by atoms with Crippen LogP contribution in [0.4, 0.5) is 0 Å². The number of benzene rings is 1. The molecule has 0 saturated heterocycles. The molecule has 0 bridgehead atoms. The topological polar surface area (TPSA) is 29.1 Å². The van der Waals surface area contributed by atoms with Crippen molar-refractivity contribution >= 4 is 5.91 Å². The van der Waals surface area contributed by atoms with Gasteiger partial charge in [-0.1, -0.05) is 31.4 Å². The standard InChI is InChI=1S/C14H18NO/c1-11-7-9-12(10-8-11)14(16)15-13-5-3-2-4-6-13/h7-10,13H,1-6H2,(H,15,16). The van der Waals surface area contributed by atoms with Gasteiger partial charge in [0.05, 0.1) is 0 Å². The van der Waals surface area contributed by atoms with E-state index in [2.05, 4.69) is 12.2 Å². The van der Waals surface area contributed by atoms with E-state index in [9.17, 15) is 4.79 Å². The summed E-state index contributed by atoms with van der Waals surface area (Å²) in [5.41, 5.74) is 1.67. The van der Waals surface area contributed by atoms with Crippen molar-refractivity contribution in [1.82, 2.24) is 5.32 Å². The first-order valence-corrected chi connectivity index (χ1v) is 5.98. The lowest BCUT2D eigenvalue weighted by Gasteiger charge is -2.22. The van der Waals surface area contributed by atoms with Crippen molar-refractivity contribution in [3.8, 4) is 0 Å². The molecule has 0 aliphatic heterocycles. The summed E-state index contributed by atoms with van der Waals surface area (Å²) in [7, 11) is 0. The average Bonchev–Trinajstić information content (AvgIpc) is 2.31. The van der Waals surface area contributed by atoms with Gasteiger partial charge in [0.2, 0.25) is 0 Å². The molecule has 1 N–H and O–H groups in total. The first-order valence-electron chi connectivity index (χ1n) is 5.98. The van der Waals surface area contributed by atoms with Crippen LogP contribution in [-0.2, 0) is 0 Å². The Hall–Kier alpha value is -1.31. The number of carbonyl (C=O) groups is 1. The van der Waals surface area contributed by atoms with Crippen LogP contribution in [0.2, 0.25) is 0 Å². The summed E-state index contributed by atoms with van der Waals surface area (Å²) in [6.07, 6.45) is 6.03. The Bertz CT molecular complexity index is 350. The van der Waals surface area contributed by atoms with Crippen LogP contribution in [0.3, 0.4) is 0 Å². The van der Waals surface area contributed by atoms with Crippen molar-refractivity contribution in [2.45, 2.75) is 38.1 Å². The molecule has 0 unspecified atom stereocenters. The molecule has 1 aromatic rings. The van der Waals surface area contributed by atoms with Crippen LogP contribution in [-0.4, -0.2) is 11.9 Å². The quantitative estimate of drug-likeness (QED) is 0.809. The van der Waals surface area contributed by atoms with Crippen LogP contribution in [0.25, 0.3) is 0 Å². The molecule has 2 nitrogen and oxygen atoms in total. The van der Waals surface area contributed by atoms with Crippen molar-refractivity contribution < 1.29 is 4.79 Å². The molecular weight excluding hydrogens is 198 g/mol. The van der Waals surface area contributed by atoms with Crippen molar-refractivity contribution in [2.75, 3.05) is 0 Å². The van der Waals surface area contributed by atoms with Crippen LogP contribution in [0.1, 0.15) is 48.0 Å². The maximum Gasteiger partial charge on any atom is 0.251 e. The van der Waals surface area contributed by atoms with E-state index in [1.165, 1.54) is 19.3 Å². The van der Waals surface area contributed by atoms with Gasteiger partial charge in [-0.25, -0.2) is 0 Å². The molecular formula is C14H18NO. The zero-order valence-corrected chi connectivity index (χ0v) is 9.54. The van der Waals surface area contributed by atoms with Crippen molar-refractivity contribution in [1.29, 1.82) is 0 Å². The molecule has 1 aliphatic rings. The maximum absolute atomic E-state index is 11.9. The predicted octanol–water partition coefficient (Wildman–Crippen LogP) is 2.93. The fourth-order valence-corrected chi connectivity index (χ4v) is 2.17. The number of nitrogens with one attached hydrogen (secondary N) is 1. The first-order chi connectivity index (χ1) is 7.75. The largest absolute Gasteiger partial charge is 0.349 e. The van der Waals surface area contributed by atoms with Crippen LogP contribution >= 0.6 is 0 Å². The summed E-state index contributed by atoms with van der Waals surface area (Å²) < 4.78 is 0. The molecule has 1 saturated carbocycles. The normalized spacial score (nSPS) is 17.1. The minimum absolute atomic E-state index is 0.0481. The Kier molecular flexibility index (Phi) is 3.60. The molecule has 0 atom stereocenters. The summed E-state index contributed by atoms with van der Waals surface area (Å²) in [6, 6.07) is 7.78. The molecule has 0 spiro atoms. The van der Waals surface area contributed by atoms with Gasteiger partial charge in [0.25, 0.3) is 5.91 Å². The van der Waals surface area contributed by atoms with Crippen LogP contribution in [0.5, 0.6) is 0 Å². The zero-order chi connectivity index (χ0) is 11.4. The second kappa shape index (κ2) is 5.15. The Morgan fingerprint density at radius 3 is 2.38 bits per heavy atom. The van der Waals surface area contributed by atoms with Crippen LogP contribution < -0.4 is 5.32 Å². The van der Waals surface area contributed by atoms with Gasteiger partial charge in [-0.05, 0) is 37.5 Å². The molecule has 85 valence electrons. The maximum atomic E-state index is 11.9. The van der Waals surface area contributed by atoms with E-state index < -0.39 is 0 Å². The number of amides is 1. The lowest BCUT2D eigenvalue weighted by atomic mass is 9.95. The van der Waals surface area contributed by atoms with Gasteiger partial charge < -0.3 is 5.32 Å². The van der Waals surface area contributed by atoms with Gasteiger partial charge in [0.1, 0.15) is 0 Å². The highest BCUT2D eigenvalue weighted by atomic mass is 16.1. The Morgan fingerprint density at radius 2 is 1.75 bits per heavy atom. The van der Waals surface area contributed by atoms with Crippen LogP contribution in [0.15, 0.2) is 24.3 Å². The Balaban J connectivity index is 1.94. The van der Waals surface area contributed by atoms with Crippen molar-refractivity contribution in [2.24, 2.45) is 0 Å². The highest BCUT2D eigenvalue weighted by Gasteiger charge is 2.16. The monoisotopic (exact) mass is 216 g/mol. The second-order valence-electron chi connectivity index (χ2n) is 4.51. The first kappa shape index (κ1) is 11.2. The van der Waals surface area contributed by atoms with E-state index in [0.29, 0.717) is 6.04 Å². The molecule has 1 amide bonds. The summed E-state index contributed by atoms with van der Waals surface area (Å²) in [6.45, 7) is 3.80. The minimum atomic E-state index is 0.0481. The molecule has 1 aliphatic carbocycles. The lowest BCUT2D eigenvalue weighted by molar-refractivity contribution is 0.0927. The van der Waals surface area contributed by atoms with Crippen molar-refractivity contribution in [3.05, 3.63) is 42.3 Å². The highest BCUT2D eigenvalue weighted by molar-refractivity contribution is 5.94. The molecule has 0 aromatic heterocycles. The SMILES string of the molecule is [CH2]c1ccc(C(=O)NC2CCCCC2)cc1. The number of hydrogen-bond acceptors (Lipinski definition) is 1. The third-order valence-electron chi connectivity index (χ3n) is 3.16. The summed E-state index contributed by atoms with van der Waals surface area (Å²) in [5, 5.41) is 3.10. The van der Waals surface area contributed by atoms with Gasteiger partial charge >= 0.3 is 0 Å². The molecule has 0 heterocycles. The number of rotatable bonds is 2. The molecule has 16 heavy (non-hydrogen) atoms. The van der Waals surface area contributed by atoms with Gasteiger partial charge in [-0.2, -0.15) is 0 Å². The number of carbonyl (C=O) groups excluding carboxylic acids is 1. The molecule has 1 radical (unpaired) electrons. The smallest absolute Gasteiger partial charge is 0.251 e. The Labute approximate surface area is 97.1 Å². The van der Waals surface area contributed by atoms with E-state index in [4.69, 9.17) is 0 Å². The van der Waals surface area contributed by atoms with E-state index in [1.54, 1.807) is 0 Å². The third-order valence-corrected chi connectivity index (χ3v) is 3.16. The van der Waals surface area contributed by atoms with Gasteiger partial charge in [-0.3, -0.25) is 4.79 Å². The van der Waals surface area contributed by atoms with Crippen LogP contribution in [0, 0.1) is 6.92 Å².